The number of pyridine rings is 1. The smallest absolute Gasteiger partial charge is 0.471 e. The minimum atomic E-state index is -5.02. The van der Waals surface area contributed by atoms with E-state index in [-0.39, 0.29) is 29.7 Å². The number of alkyl halides is 3. The van der Waals surface area contributed by atoms with E-state index in [2.05, 4.69) is 4.98 Å². The number of hydrogen-bond acceptors (Lipinski definition) is 3. The van der Waals surface area contributed by atoms with Gasteiger partial charge in [0.05, 0.1) is 12.1 Å². The number of carboxylic acid groups (broad SMARTS) is 1. The molecule has 0 saturated heterocycles. The van der Waals surface area contributed by atoms with Crippen molar-refractivity contribution in [2.75, 3.05) is 6.54 Å². The Labute approximate surface area is 109 Å². The molecule has 0 bridgehead atoms. The summed E-state index contributed by atoms with van der Waals surface area (Å²) in [6.45, 7) is -0.834. The first kappa shape index (κ1) is 14.1. The highest BCUT2D eigenvalue weighted by atomic mass is 19.4. The van der Waals surface area contributed by atoms with Crippen molar-refractivity contribution >= 4 is 11.9 Å². The van der Waals surface area contributed by atoms with Gasteiger partial charge in [-0.25, -0.2) is 4.79 Å². The first-order chi connectivity index (χ1) is 9.21. The Balaban J connectivity index is 2.41. The third kappa shape index (κ3) is 2.38. The van der Waals surface area contributed by atoms with Crippen LogP contribution in [-0.4, -0.2) is 39.6 Å². The molecular formula is C11H9F3N2O4. The average molecular weight is 290 g/mol. The summed E-state index contributed by atoms with van der Waals surface area (Å²) < 4.78 is 37.0. The number of aromatic nitrogens is 1. The zero-order valence-corrected chi connectivity index (χ0v) is 9.95. The van der Waals surface area contributed by atoms with Gasteiger partial charge in [-0.05, 0) is 12.0 Å². The number of aromatic carboxylic acids is 1. The van der Waals surface area contributed by atoms with E-state index >= 15 is 0 Å². The van der Waals surface area contributed by atoms with E-state index in [1.807, 2.05) is 0 Å². The summed E-state index contributed by atoms with van der Waals surface area (Å²) in [6.07, 6.45) is -4.12. The van der Waals surface area contributed by atoms with Crippen LogP contribution >= 0.6 is 0 Å². The third-order valence-corrected chi connectivity index (χ3v) is 3.05. The van der Waals surface area contributed by atoms with Crippen LogP contribution in [0, 0.1) is 0 Å². The number of H-pyrrole nitrogens is 1. The van der Waals surface area contributed by atoms with Gasteiger partial charge >= 0.3 is 18.1 Å². The van der Waals surface area contributed by atoms with E-state index in [0.29, 0.717) is 4.90 Å². The molecule has 9 heteroatoms. The number of fused-ring (bicyclic) bond motifs is 1. The quantitative estimate of drug-likeness (QED) is 0.789. The molecule has 2 N–H and O–H groups in total. The molecule has 108 valence electrons. The summed E-state index contributed by atoms with van der Waals surface area (Å²) in [5.74, 6) is -3.32. The second-order valence-electron chi connectivity index (χ2n) is 4.27. The topological polar surface area (TPSA) is 90.5 Å². The largest absolute Gasteiger partial charge is 0.478 e. The van der Waals surface area contributed by atoms with Crippen molar-refractivity contribution in [3.05, 3.63) is 33.2 Å². The van der Waals surface area contributed by atoms with Gasteiger partial charge in [-0.15, -0.1) is 0 Å². The number of halogens is 3. The summed E-state index contributed by atoms with van der Waals surface area (Å²) in [5, 5.41) is 8.95. The van der Waals surface area contributed by atoms with Crippen molar-refractivity contribution in [3.63, 3.8) is 0 Å². The molecule has 1 amide bonds. The van der Waals surface area contributed by atoms with Crippen molar-refractivity contribution in [2.45, 2.75) is 19.1 Å². The summed E-state index contributed by atoms with van der Waals surface area (Å²) in [7, 11) is 0. The minimum Gasteiger partial charge on any atom is -0.478 e. The number of nitrogens with zero attached hydrogens (tertiary/aromatic N) is 1. The number of nitrogens with one attached hydrogen (secondary N) is 1. The van der Waals surface area contributed by atoms with Crippen molar-refractivity contribution in [1.29, 1.82) is 0 Å². The zero-order valence-electron chi connectivity index (χ0n) is 9.95. The van der Waals surface area contributed by atoms with Gasteiger partial charge in [0.15, 0.2) is 0 Å². The Bertz CT molecular complexity index is 636. The Hall–Kier alpha value is -2.32. The molecule has 2 heterocycles. The van der Waals surface area contributed by atoms with E-state index in [1.54, 1.807) is 0 Å². The number of rotatable bonds is 1. The van der Waals surface area contributed by atoms with Gasteiger partial charge < -0.3 is 15.0 Å². The number of aromatic amines is 1. The molecule has 20 heavy (non-hydrogen) atoms. The average Bonchev–Trinajstić information content (AvgIpc) is 2.36. The van der Waals surface area contributed by atoms with Gasteiger partial charge in [-0.1, -0.05) is 0 Å². The highest BCUT2D eigenvalue weighted by Gasteiger charge is 2.43. The molecule has 6 nitrogen and oxygen atoms in total. The lowest BCUT2D eigenvalue weighted by Crippen LogP contribution is -2.45. The highest BCUT2D eigenvalue weighted by Crippen LogP contribution is 2.24. The maximum Gasteiger partial charge on any atom is 0.471 e. The van der Waals surface area contributed by atoms with Crippen LogP contribution in [0.1, 0.15) is 21.5 Å². The molecule has 0 radical (unpaired) electrons. The number of amides is 1. The van der Waals surface area contributed by atoms with E-state index in [9.17, 15) is 27.6 Å². The van der Waals surface area contributed by atoms with Gasteiger partial charge in [0.1, 0.15) is 0 Å². The summed E-state index contributed by atoms with van der Waals surface area (Å²) in [4.78, 5) is 36.3. The van der Waals surface area contributed by atoms with E-state index in [1.165, 1.54) is 0 Å². The Morgan fingerprint density at radius 2 is 1.95 bits per heavy atom. The van der Waals surface area contributed by atoms with E-state index in [4.69, 9.17) is 5.11 Å². The summed E-state index contributed by atoms with van der Waals surface area (Å²) in [6, 6.07) is 0. The fourth-order valence-electron chi connectivity index (χ4n) is 2.12. The number of hydrogen-bond donors (Lipinski definition) is 2. The second-order valence-corrected chi connectivity index (χ2v) is 4.27. The van der Waals surface area contributed by atoms with Crippen molar-refractivity contribution in [3.8, 4) is 0 Å². The standard InChI is InChI=1S/C11H9F3N2O4/c12-11(13,14)10(20)16-2-1-5-6(9(18)19)3-15-8(17)7(5)4-16/h3H,1-2,4H2,(H,15,17)(H,18,19). The molecule has 0 saturated carbocycles. The van der Waals surface area contributed by atoms with E-state index < -0.39 is 30.2 Å². The molecular weight excluding hydrogens is 281 g/mol. The van der Waals surface area contributed by atoms with Crippen LogP contribution in [0.15, 0.2) is 11.0 Å². The van der Waals surface area contributed by atoms with Crippen LogP contribution < -0.4 is 5.56 Å². The minimum absolute atomic E-state index is 0.108. The molecule has 0 aliphatic carbocycles. The zero-order chi connectivity index (χ0) is 15.1. The first-order valence-electron chi connectivity index (χ1n) is 5.54. The van der Waals surface area contributed by atoms with Crippen molar-refractivity contribution in [1.82, 2.24) is 9.88 Å². The van der Waals surface area contributed by atoms with Crippen LogP contribution in [0.25, 0.3) is 0 Å². The maximum absolute atomic E-state index is 12.3. The molecule has 0 unspecified atom stereocenters. The first-order valence-corrected chi connectivity index (χ1v) is 5.54. The SMILES string of the molecule is O=C(O)c1c[nH]c(=O)c2c1CCN(C(=O)C(F)(F)F)C2. The van der Waals surface area contributed by atoms with Crippen LogP contribution in [0.4, 0.5) is 13.2 Å². The van der Waals surface area contributed by atoms with Gasteiger partial charge in [-0.2, -0.15) is 13.2 Å². The number of carbonyl (C=O) groups excluding carboxylic acids is 1. The molecule has 0 fully saturated rings. The van der Waals surface area contributed by atoms with Crippen LogP contribution in [0.3, 0.4) is 0 Å². The van der Waals surface area contributed by atoms with Crippen molar-refractivity contribution in [2.24, 2.45) is 0 Å². The fraction of sp³-hybridized carbons (Fsp3) is 0.364. The van der Waals surface area contributed by atoms with E-state index in [0.717, 1.165) is 6.20 Å². The lowest BCUT2D eigenvalue weighted by Gasteiger charge is -2.29. The predicted molar refractivity (Wildman–Crippen MR) is 59.2 cm³/mol. The Morgan fingerprint density at radius 3 is 2.50 bits per heavy atom. The highest BCUT2D eigenvalue weighted by molar-refractivity contribution is 5.89. The normalized spacial score (nSPS) is 14.8. The van der Waals surface area contributed by atoms with Crippen LogP contribution in [-0.2, 0) is 17.8 Å². The Kier molecular flexibility index (Phi) is 3.28. The molecule has 0 atom stereocenters. The lowest BCUT2D eigenvalue weighted by molar-refractivity contribution is -0.186. The fourth-order valence-corrected chi connectivity index (χ4v) is 2.12. The maximum atomic E-state index is 12.3. The van der Waals surface area contributed by atoms with Gasteiger partial charge in [-0.3, -0.25) is 9.59 Å². The number of carboxylic acids is 1. The molecule has 1 aromatic heterocycles. The molecule has 1 aromatic rings. The molecule has 2 rings (SSSR count). The van der Waals surface area contributed by atoms with Crippen LogP contribution in [0.5, 0.6) is 0 Å². The van der Waals surface area contributed by atoms with Gasteiger partial charge in [0.25, 0.3) is 5.56 Å². The monoisotopic (exact) mass is 290 g/mol. The van der Waals surface area contributed by atoms with Gasteiger partial charge in [0, 0.05) is 18.3 Å². The summed E-state index contributed by atoms with van der Waals surface area (Å²) >= 11 is 0. The lowest BCUT2D eigenvalue weighted by atomic mass is 9.97. The molecule has 0 aromatic carbocycles. The van der Waals surface area contributed by atoms with Crippen LogP contribution in [0.2, 0.25) is 0 Å². The second kappa shape index (κ2) is 4.66. The summed E-state index contributed by atoms with van der Waals surface area (Å²) in [5.41, 5.74) is -0.801. The molecule has 1 aliphatic rings. The third-order valence-electron chi connectivity index (χ3n) is 3.05. The van der Waals surface area contributed by atoms with Gasteiger partial charge in [0.2, 0.25) is 0 Å². The predicted octanol–water partition coefficient (Wildman–Crippen LogP) is 0.520. The molecule has 1 aliphatic heterocycles. The molecule has 0 spiro atoms. The van der Waals surface area contributed by atoms with Crippen molar-refractivity contribution < 1.29 is 27.9 Å². The number of carbonyl (C=O) groups is 2. The Morgan fingerprint density at radius 1 is 1.30 bits per heavy atom.